The van der Waals surface area contributed by atoms with Gasteiger partial charge in [0, 0.05) is 0 Å². The van der Waals surface area contributed by atoms with Gasteiger partial charge in [-0.1, -0.05) is 12.1 Å². The summed E-state index contributed by atoms with van der Waals surface area (Å²) in [5.74, 6) is -2.74. The van der Waals surface area contributed by atoms with E-state index in [-0.39, 0.29) is 0 Å². The van der Waals surface area contributed by atoms with Crippen molar-refractivity contribution in [2.24, 2.45) is 0 Å². The van der Waals surface area contributed by atoms with Crippen LogP contribution in [0.15, 0.2) is 24.3 Å². The third kappa shape index (κ3) is 3.22. The molecule has 0 aliphatic heterocycles. The molecule has 0 spiro atoms. The summed E-state index contributed by atoms with van der Waals surface area (Å²) in [5.41, 5.74) is -0.821. The molecule has 0 radical (unpaired) electrons. The Bertz CT molecular complexity index is 468. The minimum absolute atomic E-state index is 0.406. The second-order valence-corrected chi connectivity index (χ2v) is 3.44. The Hall–Kier alpha value is -2.05. The van der Waals surface area contributed by atoms with E-state index in [1.54, 1.807) is 0 Å². The van der Waals surface area contributed by atoms with E-state index in [1.807, 2.05) is 0 Å². The molecule has 0 heterocycles. The van der Waals surface area contributed by atoms with Crippen molar-refractivity contribution in [1.82, 2.24) is 0 Å². The number of carboxylic acids is 1. The lowest BCUT2D eigenvalue weighted by molar-refractivity contribution is -0.198. The number of halogens is 3. The first-order valence-electron chi connectivity index (χ1n) is 4.83. The third-order valence-corrected chi connectivity index (χ3v) is 2.12. The molecular formula is C11H9F3O4. The highest BCUT2D eigenvalue weighted by molar-refractivity contribution is 6.02. The molecule has 0 unspecified atom stereocenters. The van der Waals surface area contributed by atoms with Crippen LogP contribution in [0.1, 0.15) is 27.6 Å². The molecule has 1 atom stereocenters. The Labute approximate surface area is 100.0 Å². The molecule has 0 amide bonds. The van der Waals surface area contributed by atoms with Crippen molar-refractivity contribution in [3.63, 3.8) is 0 Å². The van der Waals surface area contributed by atoms with Gasteiger partial charge in [-0.2, -0.15) is 13.2 Å². The van der Waals surface area contributed by atoms with Gasteiger partial charge in [-0.3, -0.25) is 0 Å². The van der Waals surface area contributed by atoms with Gasteiger partial charge in [-0.05, 0) is 19.1 Å². The summed E-state index contributed by atoms with van der Waals surface area (Å²) in [7, 11) is 0. The Kier molecular flexibility index (Phi) is 3.95. The second-order valence-electron chi connectivity index (χ2n) is 3.44. The minimum Gasteiger partial charge on any atom is -0.478 e. The number of ether oxygens (including phenoxy) is 1. The summed E-state index contributed by atoms with van der Waals surface area (Å²) in [6.45, 7) is 0.668. The van der Waals surface area contributed by atoms with E-state index in [4.69, 9.17) is 5.11 Å². The third-order valence-electron chi connectivity index (χ3n) is 2.12. The van der Waals surface area contributed by atoms with Gasteiger partial charge >= 0.3 is 18.1 Å². The zero-order chi connectivity index (χ0) is 13.9. The Morgan fingerprint density at radius 2 is 1.72 bits per heavy atom. The lowest BCUT2D eigenvalue weighted by atomic mass is 10.1. The van der Waals surface area contributed by atoms with Gasteiger partial charge in [0.2, 0.25) is 0 Å². The van der Waals surface area contributed by atoms with Crippen LogP contribution in [0.5, 0.6) is 0 Å². The quantitative estimate of drug-likeness (QED) is 0.850. The highest BCUT2D eigenvalue weighted by Crippen LogP contribution is 2.23. The molecule has 4 nitrogen and oxygen atoms in total. The summed E-state index contributed by atoms with van der Waals surface area (Å²) < 4.78 is 40.7. The number of esters is 1. The van der Waals surface area contributed by atoms with E-state index in [2.05, 4.69) is 4.74 Å². The van der Waals surface area contributed by atoms with Gasteiger partial charge in [0.1, 0.15) is 0 Å². The first-order chi connectivity index (χ1) is 8.23. The first-order valence-corrected chi connectivity index (χ1v) is 4.83. The van der Waals surface area contributed by atoms with E-state index in [0.717, 1.165) is 12.1 Å². The lowest BCUT2D eigenvalue weighted by Gasteiger charge is -2.16. The van der Waals surface area contributed by atoms with Crippen LogP contribution < -0.4 is 0 Å². The fraction of sp³-hybridized carbons (Fsp3) is 0.273. The number of hydrogen-bond donors (Lipinski definition) is 1. The number of rotatable bonds is 3. The molecule has 1 aromatic carbocycles. The number of alkyl halides is 3. The standard InChI is InChI=1S/C11H9F3O4/c1-6(11(12,13)14)18-10(17)8-5-3-2-4-7(8)9(15)16/h2-6H,1H3,(H,15,16)/t6-/m1/s1. The molecule has 0 aliphatic rings. The maximum absolute atomic E-state index is 12.2. The highest BCUT2D eigenvalue weighted by atomic mass is 19.4. The molecule has 98 valence electrons. The normalized spacial score (nSPS) is 12.9. The zero-order valence-corrected chi connectivity index (χ0v) is 9.19. The highest BCUT2D eigenvalue weighted by Gasteiger charge is 2.39. The number of benzene rings is 1. The van der Waals surface area contributed by atoms with Crippen molar-refractivity contribution in [2.45, 2.75) is 19.2 Å². The van der Waals surface area contributed by atoms with Crippen molar-refractivity contribution >= 4 is 11.9 Å². The van der Waals surface area contributed by atoms with Gasteiger partial charge in [0.15, 0.2) is 6.10 Å². The van der Waals surface area contributed by atoms with Gasteiger partial charge < -0.3 is 9.84 Å². The molecule has 18 heavy (non-hydrogen) atoms. The second kappa shape index (κ2) is 5.07. The number of carboxylic acid groups (broad SMARTS) is 1. The van der Waals surface area contributed by atoms with Crippen molar-refractivity contribution in [1.29, 1.82) is 0 Å². The van der Waals surface area contributed by atoms with Crippen LogP contribution in [0.2, 0.25) is 0 Å². The van der Waals surface area contributed by atoms with E-state index in [9.17, 15) is 22.8 Å². The Balaban J connectivity index is 2.95. The summed E-state index contributed by atoms with van der Waals surface area (Å²) in [5, 5.41) is 8.78. The predicted molar refractivity (Wildman–Crippen MR) is 54.3 cm³/mol. The van der Waals surface area contributed by atoms with E-state index in [0.29, 0.717) is 6.92 Å². The number of aromatic carboxylic acids is 1. The molecule has 0 bridgehead atoms. The maximum Gasteiger partial charge on any atom is 0.425 e. The number of hydrogen-bond acceptors (Lipinski definition) is 3. The molecule has 7 heteroatoms. The SMILES string of the molecule is C[C@@H](OC(=O)c1ccccc1C(=O)O)C(F)(F)F. The Morgan fingerprint density at radius 1 is 1.22 bits per heavy atom. The van der Waals surface area contributed by atoms with Crippen molar-refractivity contribution in [3.8, 4) is 0 Å². The number of carbonyl (C=O) groups excluding carboxylic acids is 1. The monoisotopic (exact) mass is 262 g/mol. The van der Waals surface area contributed by atoms with Crippen molar-refractivity contribution < 1.29 is 32.6 Å². The van der Waals surface area contributed by atoms with Gasteiger partial charge in [0.25, 0.3) is 0 Å². The summed E-state index contributed by atoms with van der Waals surface area (Å²) >= 11 is 0. The fourth-order valence-corrected chi connectivity index (χ4v) is 1.14. The molecule has 1 N–H and O–H groups in total. The van der Waals surface area contributed by atoms with E-state index >= 15 is 0 Å². The van der Waals surface area contributed by atoms with Crippen molar-refractivity contribution in [3.05, 3.63) is 35.4 Å². The van der Waals surface area contributed by atoms with Gasteiger partial charge in [-0.25, -0.2) is 9.59 Å². The largest absolute Gasteiger partial charge is 0.478 e. The topological polar surface area (TPSA) is 63.6 Å². The summed E-state index contributed by atoms with van der Waals surface area (Å²) in [6.07, 6.45) is -6.99. The van der Waals surface area contributed by atoms with Crippen LogP contribution in [-0.2, 0) is 4.74 Å². The average molecular weight is 262 g/mol. The molecule has 1 aromatic rings. The average Bonchev–Trinajstić information content (AvgIpc) is 2.27. The molecule has 0 aliphatic carbocycles. The smallest absolute Gasteiger partial charge is 0.425 e. The lowest BCUT2D eigenvalue weighted by Crippen LogP contribution is -2.31. The van der Waals surface area contributed by atoms with Crippen LogP contribution in [0, 0.1) is 0 Å². The summed E-state index contributed by atoms with van der Waals surface area (Å²) in [4.78, 5) is 22.2. The van der Waals surface area contributed by atoms with Gasteiger partial charge in [-0.15, -0.1) is 0 Å². The Morgan fingerprint density at radius 3 is 2.17 bits per heavy atom. The maximum atomic E-state index is 12.2. The van der Waals surface area contributed by atoms with Crippen LogP contribution >= 0.6 is 0 Å². The minimum atomic E-state index is -4.69. The fourth-order valence-electron chi connectivity index (χ4n) is 1.14. The molecule has 0 saturated heterocycles. The summed E-state index contributed by atoms with van der Waals surface area (Å²) in [6, 6.07) is 4.89. The van der Waals surface area contributed by atoms with E-state index in [1.165, 1.54) is 12.1 Å². The van der Waals surface area contributed by atoms with Crippen LogP contribution in [0.4, 0.5) is 13.2 Å². The van der Waals surface area contributed by atoms with Crippen molar-refractivity contribution in [2.75, 3.05) is 0 Å². The number of carbonyl (C=O) groups is 2. The van der Waals surface area contributed by atoms with Crippen LogP contribution in [0.3, 0.4) is 0 Å². The van der Waals surface area contributed by atoms with Crippen LogP contribution in [-0.4, -0.2) is 29.3 Å². The molecular weight excluding hydrogens is 253 g/mol. The molecule has 0 saturated carbocycles. The van der Waals surface area contributed by atoms with Gasteiger partial charge in [0.05, 0.1) is 11.1 Å². The van der Waals surface area contributed by atoms with Crippen LogP contribution in [0.25, 0.3) is 0 Å². The first kappa shape index (κ1) is 14.0. The zero-order valence-electron chi connectivity index (χ0n) is 9.19. The predicted octanol–water partition coefficient (Wildman–Crippen LogP) is 2.49. The molecule has 0 fully saturated rings. The molecule has 0 aromatic heterocycles. The molecule has 1 rings (SSSR count). The van der Waals surface area contributed by atoms with E-state index < -0.39 is 35.3 Å².